The molecule has 5 heteroatoms. The van der Waals surface area contributed by atoms with E-state index in [1.165, 1.54) is 0 Å². The maximum absolute atomic E-state index is 10.7. The fraction of sp³-hybridized carbons (Fsp3) is 0. The summed E-state index contributed by atoms with van der Waals surface area (Å²) in [5, 5.41) is 9.85. The molecule has 0 saturated heterocycles. The van der Waals surface area contributed by atoms with Crippen LogP contribution in [0, 0.1) is 0 Å². The van der Waals surface area contributed by atoms with Gasteiger partial charge < -0.3 is 9.52 Å². The SMILES string of the molecule is O=C(O)c1oc2c(Cl)cccc2c1Br. The molecule has 2 aromatic rings. The van der Waals surface area contributed by atoms with Crippen molar-refractivity contribution in [3.05, 3.63) is 33.5 Å². The third-order valence-corrected chi connectivity index (χ3v) is 2.89. The van der Waals surface area contributed by atoms with Crippen LogP contribution in [0.15, 0.2) is 27.1 Å². The van der Waals surface area contributed by atoms with Crippen LogP contribution in [0.25, 0.3) is 11.0 Å². The normalized spacial score (nSPS) is 10.7. The van der Waals surface area contributed by atoms with Gasteiger partial charge >= 0.3 is 5.97 Å². The number of carbonyl (C=O) groups is 1. The Hall–Kier alpha value is -1.00. The van der Waals surface area contributed by atoms with Crippen LogP contribution >= 0.6 is 27.5 Å². The number of rotatable bonds is 1. The molecule has 2 rings (SSSR count). The Bertz CT molecular complexity index is 518. The number of carboxylic acids is 1. The van der Waals surface area contributed by atoms with Gasteiger partial charge in [-0.05, 0) is 28.1 Å². The molecule has 0 spiro atoms. The molecular formula is C9H4BrClO3. The second kappa shape index (κ2) is 3.29. The molecule has 0 aliphatic rings. The molecule has 1 aromatic heterocycles. The number of halogens is 2. The van der Waals surface area contributed by atoms with Crippen molar-refractivity contribution in [2.75, 3.05) is 0 Å². The highest BCUT2D eigenvalue weighted by Gasteiger charge is 2.18. The molecule has 3 nitrogen and oxygen atoms in total. The van der Waals surface area contributed by atoms with Crippen molar-refractivity contribution in [2.45, 2.75) is 0 Å². The maximum Gasteiger partial charge on any atom is 0.373 e. The average molecular weight is 275 g/mol. The van der Waals surface area contributed by atoms with Crippen molar-refractivity contribution in [3.8, 4) is 0 Å². The Kier molecular flexibility index (Phi) is 2.25. The van der Waals surface area contributed by atoms with Gasteiger partial charge in [0.05, 0.1) is 9.50 Å². The van der Waals surface area contributed by atoms with Crippen LogP contribution < -0.4 is 0 Å². The Labute approximate surface area is 92.4 Å². The van der Waals surface area contributed by atoms with E-state index in [4.69, 9.17) is 21.1 Å². The van der Waals surface area contributed by atoms with E-state index in [9.17, 15) is 4.79 Å². The monoisotopic (exact) mass is 274 g/mol. The van der Waals surface area contributed by atoms with Gasteiger partial charge in [0.2, 0.25) is 5.76 Å². The summed E-state index contributed by atoms with van der Waals surface area (Å²) < 4.78 is 5.53. The zero-order chi connectivity index (χ0) is 10.3. The van der Waals surface area contributed by atoms with E-state index in [0.29, 0.717) is 20.5 Å². The first-order valence-electron chi connectivity index (χ1n) is 3.71. The molecule has 0 bridgehead atoms. The first-order valence-corrected chi connectivity index (χ1v) is 4.88. The van der Waals surface area contributed by atoms with Crippen LogP contribution in [0.2, 0.25) is 5.02 Å². The lowest BCUT2D eigenvalue weighted by Gasteiger charge is -1.89. The van der Waals surface area contributed by atoms with Crippen molar-refractivity contribution >= 4 is 44.5 Å². The van der Waals surface area contributed by atoms with Gasteiger partial charge in [0.25, 0.3) is 0 Å². The van der Waals surface area contributed by atoms with E-state index in [-0.39, 0.29) is 5.76 Å². The largest absolute Gasteiger partial charge is 0.475 e. The van der Waals surface area contributed by atoms with Gasteiger partial charge in [-0.2, -0.15) is 0 Å². The number of benzene rings is 1. The predicted molar refractivity (Wildman–Crippen MR) is 55.9 cm³/mol. The minimum absolute atomic E-state index is 0.131. The molecule has 0 atom stereocenters. The lowest BCUT2D eigenvalue weighted by atomic mass is 10.2. The number of fused-ring (bicyclic) bond motifs is 1. The zero-order valence-corrected chi connectivity index (χ0v) is 9.09. The van der Waals surface area contributed by atoms with Crippen LogP contribution in [0.4, 0.5) is 0 Å². The number of hydrogen-bond donors (Lipinski definition) is 1. The van der Waals surface area contributed by atoms with Gasteiger partial charge in [-0.25, -0.2) is 4.79 Å². The van der Waals surface area contributed by atoms with Gasteiger partial charge in [0.15, 0.2) is 5.58 Å². The summed E-state index contributed by atoms with van der Waals surface area (Å²) in [6.07, 6.45) is 0. The molecule has 1 N–H and O–H groups in total. The lowest BCUT2D eigenvalue weighted by Crippen LogP contribution is -1.93. The standard InChI is InChI=1S/C9H4BrClO3/c10-6-4-2-1-3-5(11)7(4)14-8(6)9(12)13/h1-3H,(H,12,13). The van der Waals surface area contributed by atoms with E-state index in [0.717, 1.165) is 0 Å². The minimum Gasteiger partial charge on any atom is -0.475 e. The molecule has 0 amide bonds. The summed E-state index contributed by atoms with van der Waals surface area (Å²) in [5.41, 5.74) is 0.387. The maximum atomic E-state index is 10.7. The van der Waals surface area contributed by atoms with Crippen LogP contribution in [-0.2, 0) is 0 Å². The lowest BCUT2D eigenvalue weighted by molar-refractivity contribution is 0.0663. The molecular weight excluding hydrogens is 271 g/mol. The summed E-state index contributed by atoms with van der Waals surface area (Å²) in [7, 11) is 0. The summed E-state index contributed by atoms with van der Waals surface area (Å²) >= 11 is 8.99. The van der Waals surface area contributed by atoms with Gasteiger partial charge in [-0.3, -0.25) is 0 Å². The van der Waals surface area contributed by atoms with Gasteiger partial charge in [0.1, 0.15) is 0 Å². The Morgan fingerprint density at radius 2 is 2.21 bits per heavy atom. The highest BCUT2D eigenvalue weighted by atomic mass is 79.9. The van der Waals surface area contributed by atoms with E-state index in [1.54, 1.807) is 18.2 Å². The van der Waals surface area contributed by atoms with Crippen molar-refractivity contribution in [1.82, 2.24) is 0 Å². The second-order valence-electron chi connectivity index (χ2n) is 2.67. The van der Waals surface area contributed by atoms with E-state index >= 15 is 0 Å². The Morgan fingerprint density at radius 1 is 1.50 bits per heavy atom. The summed E-state index contributed by atoms with van der Waals surface area (Å²) in [5.74, 6) is -1.25. The van der Waals surface area contributed by atoms with E-state index in [2.05, 4.69) is 15.9 Å². The molecule has 0 aliphatic heterocycles. The van der Waals surface area contributed by atoms with Crippen LogP contribution in [0.3, 0.4) is 0 Å². The minimum atomic E-state index is -1.12. The van der Waals surface area contributed by atoms with E-state index in [1.807, 2.05) is 0 Å². The Balaban J connectivity index is 2.86. The third kappa shape index (κ3) is 1.31. The fourth-order valence-corrected chi connectivity index (χ4v) is 1.97. The first kappa shape index (κ1) is 9.55. The quantitative estimate of drug-likeness (QED) is 0.866. The topological polar surface area (TPSA) is 50.4 Å². The highest BCUT2D eigenvalue weighted by molar-refractivity contribution is 9.10. The number of hydrogen-bond acceptors (Lipinski definition) is 2. The third-order valence-electron chi connectivity index (χ3n) is 1.80. The first-order chi connectivity index (χ1) is 6.61. The molecule has 1 heterocycles. The molecule has 1 aromatic carbocycles. The number of carboxylic acid groups (broad SMARTS) is 1. The second-order valence-corrected chi connectivity index (χ2v) is 3.87. The smallest absolute Gasteiger partial charge is 0.373 e. The van der Waals surface area contributed by atoms with Crippen molar-refractivity contribution < 1.29 is 14.3 Å². The van der Waals surface area contributed by atoms with Crippen molar-refractivity contribution in [3.63, 3.8) is 0 Å². The van der Waals surface area contributed by atoms with Crippen molar-refractivity contribution in [1.29, 1.82) is 0 Å². The molecule has 0 aliphatic carbocycles. The number of aromatic carboxylic acids is 1. The fourth-order valence-electron chi connectivity index (χ4n) is 1.19. The van der Waals surface area contributed by atoms with Crippen molar-refractivity contribution in [2.24, 2.45) is 0 Å². The Morgan fingerprint density at radius 3 is 2.79 bits per heavy atom. The van der Waals surface area contributed by atoms with Crippen LogP contribution in [-0.4, -0.2) is 11.1 Å². The zero-order valence-electron chi connectivity index (χ0n) is 6.75. The number of para-hydroxylation sites is 1. The predicted octanol–water partition coefficient (Wildman–Crippen LogP) is 3.55. The molecule has 0 unspecified atom stereocenters. The summed E-state index contributed by atoms with van der Waals surface area (Å²) in [6.45, 7) is 0. The van der Waals surface area contributed by atoms with Crippen LogP contribution in [0.1, 0.15) is 10.6 Å². The average Bonchev–Trinajstić information content (AvgIpc) is 2.46. The molecule has 0 saturated carbocycles. The summed E-state index contributed by atoms with van der Waals surface area (Å²) in [6, 6.07) is 5.11. The van der Waals surface area contributed by atoms with Gasteiger partial charge in [0, 0.05) is 5.39 Å². The summed E-state index contributed by atoms with van der Waals surface area (Å²) in [4.78, 5) is 10.7. The molecule has 0 radical (unpaired) electrons. The van der Waals surface area contributed by atoms with E-state index < -0.39 is 5.97 Å². The molecule has 14 heavy (non-hydrogen) atoms. The number of furan rings is 1. The molecule has 72 valence electrons. The molecule has 0 fully saturated rings. The van der Waals surface area contributed by atoms with Gasteiger partial charge in [-0.1, -0.05) is 17.7 Å². The highest BCUT2D eigenvalue weighted by Crippen LogP contribution is 2.34. The van der Waals surface area contributed by atoms with Crippen LogP contribution in [0.5, 0.6) is 0 Å². The van der Waals surface area contributed by atoms with Gasteiger partial charge in [-0.15, -0.1) is 0 Å².